The van der Waals surface area contributed by atoms with Crippen molar-refractivity contribution in [2.45, 2.75) is 52.2 Å². The average Bonchev–Trinajstić information content (AvgIpc) is 3.44. The van der Waals surface area contributed by atoms with Crippen LogP contribution in [0.3, 0.4) is 0 Å². The number of hydrazine groups is 1. The number of nitriles is 1. The molecule has 2 aromatic rings. The molecular weight excluding hydrogens is 602 g/mol. The first kappa shape index (κ1) is 35.0. The van der Waals surface area contributed by atoms with Crippen LogP contribution in [0, 0.1) is 17.2 Å². The molecule has 1 aliphatic heterocycles. The van der Waals surface area contributed by atoms with Crippen LogP contribution in [-0.2, 0) is 23.9 Å². The van der Waals surface area contributed by atoms with Gasteiger partial charge in [-0.1, -0.05) is 6.92 Å². The van der Waals surface area contributed by atoms with Gasteiger partial charge in [-0.2, -0.15) is 5.26 Å². The monoisotopic (exact) mass is 641 g/mol. The Hall–Kier alpha value is -5.47. The highest BCUT2D eigenvalue weighted by molar-refractivity contribution is 5.96. The van der Waals surface area contributed by atoms with Crippen molar-refractivity contribution in [3.63, 3.8) is 0 Å². The number of anilines is 1. The SMILES string of the molecule is C[C@@H]1CCN(C(=O)CC#N)C[C@@H]1N(C)c1ncnc2c1ccn2C(=O)NCC(=O)NCC(=O)NCC(=O)NNC(=O)OC(C)(C)C. The second-order valence-electron chi connectivity index (χ2n) is 11.6. The molecule has 1 fully saturated rings. The maximum absolute atomic E-state index is 12.9. The van der Waals surface area contributed by atoms with Gasteiger partial charge in [0.1, 0.15) is 24.2 Å². The summed E-state index contributed by atoms with van der Waals surface area (Å²) in [6, 6.07) is 2.85. The summed E-state index contributed by atoms with van der Waals surface area (Å²) in [4.78, 5) is 85.1. The van der Waals surface area contributed by atoms with Crippen molar-refractivity contribution >= 4 is 52.6 Å². The van der Waals surface area contributed by atoms with Crippen LogP contribution in [0.2, 0.25) is 0 Å². The Labute approximate surface area is 265 Å². The number of nitrogens with one attached hydrogen (secondary N) is 5. The second kappa shape index (κ2) is 15.5. The number of nitrogens with zero attached hydrogens (tertiary/aromatic N) is 6. The van der Waals surface area contributed by atoms with Crippen LogP contribution in [0.1, 0.15) is 40.5 Å². The lowest BCUT2D eigenvalue weighted by atomic mass is 9.92. The van der Waals surface area contributed by atoms with E-state index in [0.717, 1.165) is 6.42 Å². The first-order chi connectivity index (χ1) is 21.7. The number of hydrogen-bond acceptors (Lipinski definition) is 11. The summed E-state index contributed by atoms with van der Waals surface area (Å²) in [5, 5.41) is 16.6. The molecule has 248 valence electrons. The van der Waals surface area contributed by atoms with Gasteiger partial charge in [0.2, 0.25) is 17.7 Å². The molecule has 2 aromatic heterocycles. The van der Waals surface area contributed by atoms with Crippen molar-refractivity contribution in [1.82, 2.24) is 46.2 Å². The summed E-state index contributed by atoms with van der Waals surface area (Å²) in [6.45, 7) is 6.66. The lowest BCUT2D eigenvalue weighted by Crippen LogP contribution is -2.52. The standard InChI is InChI=1S/C28H39N11O7/c1-17-7-10-38(23(43)6-9-29)15-19(17)37(5)24-18-8-11-39(25(18)34-16-33-24)26(44)32-13-21(41)30-12-20(40)31-14-22(42)35-36-27(45)46-28(2,3)4/h8,11,16-17,19H,6-7,10,12-15H2,1-5H3,(H,30,41)(H,31,40)(H,32,44)(H,35,42)(H,36,45)/t17-,19+/m1/s1. The van der Waals surface area contributed by atoms with Gasteiger partial charge in [-0.25, -0.2) is 25.0 Å². The van der Waals surface area contributed by atoms with E-state index in [-0.39, 0.29) is 24.3 Å². The average molecular weight is 642 g/mol. The van der Waals surface area contributed by atoms with Gasteiger partial charge in [-0.15, -0.1) is 0 Å². The summed E-state index contributed by atoms with van der Waals surface area (Å²) in [5.41, 5.74) is 3.66. The molecule has 46 heavy (non-hydrogen) atoms. The molecule has 0 aromatic carbocycles. The molecule has 0 radical (unpaired) electrons. The first-order valence-corrected chi connectivity index (χ1v) is 14.5. The number of likely N-dealkylation sites (tertiary alicyclic amines) is 1. The Bertz CT molecular complexity index is 1510. The van der Waals surface area contributed by atoms with Crippen LogP contribution < -0.4 is 31.7 Å². The van der Waals surface area contributed by atoms with Crippen molar-refractivity contribution < 1.29 is 33.5 Å². The van der Waals surface area contributed by atoms with Gasteiger partial charge in [-0.3, -0.25) is 29.2 Å². The van der Waals surface area contributed by atoms with Gasteiger partial charge in [0.15, 0.2) is 5.65 Å². The minimum absolute atomic E-state index is 0.0872. The predicted molar refractivity (Wildman–Crippen MR) is 163 cm³/mol. The number of amides is 6. The van der Waals surface area contributed by atoms with E-state index in [9.17, 15) is 28.8 Å². The van der Waals surface area contributed by atoms with Crippen LogP contribution >= 0.6 is 0 Å². The highest BCUT2D eigenvalue weighted by Crippen LogP contribution is 2.29. The number of piperidine rings is 1. The molecular formula is C28H39N11O7. The lowest BCUT2D eigenvalue weighted by molar-refractivity contribution is -0.131. The van der Waals surface area contributed by atoms with Gasteiger partial charge in [0, 0.05) is 26.3 Å². The maximum atomic E-state index is 12.9. The zero-order valence-electron chi connectivity index (χ0n) is 26.4. The summed E-state index contributed by atoms with van der Waals surface area (Å²) < 4.78 is 6.19. The first-order valence-electron chi connectivity index (χ1n) is 14.5. The Kier molecular flexibility index (Phi) is 11.8. The molecule has 0 spiro atoms. The van der Waals surface area contributed by atoms with Gasteiger partial charge >= 0.3 is 12.1 Å². The summed E-state index contributed by atoms with van der Waals surface area (Å²) in [6.07, 6.45) is 2.52. The zero-order valence-corrected chi connectivity index (χ0v) is 26.4. The third-order valence-corrected chi connectivity index (χ3v) is 7.01. The van der Waals surface area contributed by atoms with E-state index in [0.29, 0.717) is 29.9 Å². The molecule has 0 bridgehead atoms. The number of carbonyl (C=O) groups is 6. The molecule has 1 aliphatic rings. The fraction of sp³-hybridized carbons (Fsp3) is 0.536. The third kappa shape index (κ3) is 9.77. The summed E-state index contributed by atoms with van der Waals surface area (Å²) in [5.74, 6) is -1.50. The van der Waals surface area contributed by atoms with Crippen LogP contribution in [0.25, 0.3) is 11.0 Å². The fourth-order valence-corrected chi connectivity index (χ4v) is 4.69. The van der Waals surface area contributed by atoms with Crippen LogP contribution in [0.4, 0.5) is 15.4 Å². The van der Waals surface area contributed by atoms with Crippen molar-refractivity contribution in [3.8, 4) is 6.07 Å². The minimum Gasteiger partial charge on any atom is -0.443 e. The number of carbonyl (C=O) groups excluding carboxylic acids is 6. The van der Waals surface area contributed by atoms with Crippen LogP contribution in [0.5, 0.6) is 0 Å². The topological polar surface area (TPSA) is 233 Å². The molecule has 3 heterocycles. The van der Waals surface area contributed by atoms with Crippen molar-refractivity contribution in [1.29, 1.82) is 5.26 Å². The smallest absolute Gasteiger partial charge is 0.426 e. The van der Waals surface area contributed by atoms with Crippen molar-refractivity contribution in [2.24, 2.45) is 5.92 Å². The number of ether oxygens (including phenoxy) is 1. The van der Waals surface area contributed by atoms with Gasteiger partial charge < -0.3 is 30.5 Å². The second-order valence-corrected chi connectivity index (χ2v) is 11.6. The molecule has 18 heteroatoms. The van der Waals surface area contributed by atoms with E-state index in [2.05, 4.69) is 38.3 Å². The zero-order chi connectivity index (χ0) is 34.0. The molecule has 0 aliphatic carbocycles. The number of fused-ring (bicyclic) bond motifs is 1. The lowest BCUT2D eigenvalue weighted by Gasteiger charge is -2.42. The Morgan fingerprint density at radius 3 is 2.33 bits per heavy atom. The highest BCUT2D eigenvalue weighted by atomic mass is 16.6. The molecule has 0 saturated carbocycles. The minimum atomic E-state index is -0.872. The largest absolute Gasteiger partial charge is 0.443 e. The van der Waals surface area contributed by atoms with E-state index in [1.54, 1.807) is 31.7 Å². The van der Waals surface area contributed by atoms with E-state index in [1.165, 1.54) is 17.1 Å². The Balaban J connectivity index is 1.49. The summed E-state index contributed by atoms with van der Waals surface area (Å²) >= 11 is 0. The van der Waals surface area contributed by atoms with Gasteiger partial charge in [-0.05, 0) is 39.2 Å². The molecule has 18 nitrogen and oxygen atoms in total. The molecule has 1 saturated heterocycles. The number of hydrogen-bond donors (Lipinski definition) is 5. The van der Waals surface area contributed by atoms with Gasteiger partial charge in [0.05, 0.1) is 37.1 Å². The molecule has 5 N–H and O–H groups in total. The Morgan fingerprint density at radius 2 is 1.67 bits per heavy atom. The molecule has 3 rings (SSSR count). The summed E-state index contributed by atoms with van der Waals surface area (Å²) in [7, 11) is 1.85. The van der Waals surface area contributed by atoms with E-state index in [1.807, 2.05) is 23.4 Å². The van der Waals surface area contributed by atoms with E-state index in [4.69, 9.17) is 10.00 Å². The van der Waals surface area contributed by atoms with Crippen molar-refractivity contribution in [2.75, 3.05) is 44.7 Å². The third-order valence-electron chi connectivity index (χ3n) is 7.01. The van der Waals surface area contributed by atoms with E-state index >= 15 is 0 Å². The predicted octanol–water partition coefficient (Wildman–Crippen LogP) is -0.636. The normalized spacial score (nSPS) is 16.0. The van der Waals surface area contributed by atoms with Crippen LogP contribution in [-0.4, -0.2) is 107 Å². The van der Waals surface area contributed by atoms with E-state index < -0.39 is 55.1 Å². The highest BCUT2D eigenvalue weighted by Gasteiger charge is 2.33. The molecule has 2 atom stereocenters. The molecule has 0 unspecified atom stereocenters. The quantitative estimate of drug-likeness (QED) is 0.216. The maximum Gasteiger partial charge on any atom is 0.426 e. The number of likely N-dealkylation sites (N-methyl/N-ethyl adjacent to an activating group) is 1. The number of rotatable bonds is 9. The molecule has 6 amide bonds. The van der Waals surface area contributed by atoms with Gasteiger partial charge in [0.25, 0.3) is 5.91 Å². The fourth-order valence-electron chi connectivity index (χ4n) is 4.69. The van der Waals surface area contributed by atoms with Crippen LogP contribution in [0.15, 0.2) is 18.6 Å². The Morgan fingerprint density at radius 1 is 1.02 bits per heavy atom. The van der Waals surface area contributed by atoms with Crippen molar-refractivity contribution in [3.05, 3.63) is 18.6 Å². The number of aromatic nitrogens is 3.